The number of carbonyl (C=O) groups excluding carboxylic acids is 2. The van der Waals surface area contributed by atoms with Gasteiger partial charge in [0.05, 0.1) is 6.07 Å². The molecule has 2 N–H and O–H groups in total. The smallest absolute Gasteiger partial charge is 0.319 e. The Labute approximate surface area is 130 Å². The van der Waals surface area contributed by atoms with Crippen molar-refractivity contribution in [1.29, 1.82) is 5.26 Å². The summed E-state index contributed by atoms with van der Waals surface area (Å²) in [6.07, 6.45) is 1.92. The fourth-order valence-corrected chi connectivity index (χ4v) is 2.12. The van der Waals surface area contributed by atoms with Gasteiger partial charge in [0.1, 0.15) is 6.54 Å². The topological polar surface area (TPSA) is 85.2 Å². The van der Waals surface area contributed by atoms with E-state index in [4.69, 9.17) is 5.26 Å². The van der Waals surface area contributed by atoms with Crippen molar-refractivity contribution in [3.63, 3.8) is 0 Å². The number of hydrogen-bond acceptors (Lipinski definition) is 3. The highest BCUT2D eigenvalue weighted by atomic mass is 16.2. The molecule has 6 nitrogen and oxygen atoms in total. The summed E-state index contributed by atoms with van der Waals surface area (Å²) in [5.41, 5.74) is 1.14. The predicted molar refractivity (Wildman–Crippen MR) is 83.4 cm³/mol. The van der Waals surface area contributed by atoms with Crippen molar-refractivity contribution in [2.75, 3.05) is 11.9 Å². The number of nitriles is 1. The SMILES string of the molecule is CC(C)NC(=O)Nc1ccc(C(=O)N(CC#N)C2CC2)cc1. The minimum atomic E-state index is -0.279. The Bertz CT molecular complexity index is 585. The highest BCUT2D eigenvalue weighted by Crippen LogP contribution is 2.28. The van der Waals surface area contributed by atoms with Crippen LogP contribution in [0.3, 0.4) is 0 Å². The molecule has 1 aliphatic rings. The standard InChI is InChI=1S/C16H20N4O2/c1-11(2)18-16(22)19-13-5-3-12(4-6-13)15(21)20(10-9-17)14-7-8-14/h3-6,11,14H,7-8,10H2,1-2H3,(H2,18,19,22). The van der Waals surface area contributed by atoms with Crippen molar-refractivity contribution < 1.29 is 9.59 Å². The maximum Gasteiger partial charge on any atom is 0.319 e. The van der Waals surface area contributed by atoms with Crippen LogP contribution in [0.2, 0.25) is 0 Å². The molecule has 0 heterocycles. The molecule has 0 aliphatic heterocycles. The molecule has 1 fully saturated rings. The number of nitrogens with one attached hydrogen (secondary N) is 2. The van der Waals surface area contributed by atoms with Crippen LogP contribution < -0.4 is 10.6 Å². The van der Waals surface area contributed by atoms with Crippen molar-refractivity contribution in [2.24, 2.45) is 0 Å². The lowest BCUT2D eigenvalue weighted by atomic mass is 10.1. The molecule has 1 aromatic rings. The summed E-state index contributed by atoms with van der Waals surface area (Å²) >= 11 is 0. The Morgan fingerprint density at radius 3 is 2.45 bits per heavy atom. The first kappa shape index (κ1) is 15.8. The van der Waals surface area contributed by atoms with Gasteiger partial charge in [-0.05, 0) is 51.0 Å². The van der Waals surface area contributed by atoms with E-state index in [9.17, 15) is 9.59 Å². The van der Waals surface area contributed by atoms with Crippen molar-refractivity contribution in [3.8, 4) is 6.07 Å². The molecule has 0 radical (unpaired) electrons. The van der Waals surface area contributed by atoms with E-state index in [2.05, 4.69) is 10.6 Å². The van der Waals surface area contributed by atoms with Crippen molar-refractivity contribution in [2.45, 2.75) is 38.8 Å². The van der Waals surface area contributed by atoms with Crippen LogP contribution in [0.15, 0.2) is 24.3 Å². The Morgan fingerprint density at radius 2 is 1.95 bits per heavy atom. The van der Waals surface area contributed by atoms with Crippen LogP contribution in [0, 0.1) is 11.3 Å². The highest BCUT2D eigenvalue weighted by Gasteiger charge is 2.32. The van der Waals surface area contributed by atoms with Crippen molar-refractivity contribution in [1.82, 2.24) is 10.2 Å². The summed E-state index contributed by atoms with van der Waals surface area (Å²) < 4.78 is 0. The van der Waals surface area contributed by atoms with Crippen LogP contribution in [0.25, 0.3) is 0 Å². The lowest BCUT2D eigenvalue weighted by Crippen LogP contribution is -2.34. The number of rotatable bonds is 5. The second-order valence-electron chi connectivity index (χ2n) is 5.65. The number of benzene rings is 1. The normalized spacial score (nSPS) is 13.4. The molecule has 1 saturated carbocycles. The van der Waals surface area contributed by atoms with Crippen LogP contribution in [0.5, 0.6) is 0 Å². The summed E-state index contributed by atoms with van der Waals surface area (Å²) in [5, 5.41) is 14.3. The maximum atomic E-state index is 12.4. The summed E-state index contributed by atoms with van der Waals surface area (Å²) in [6.45, 7) is 3.87. The molecule has 0 spiro atoms. The van der Waals surface area contributed by atoms with E-state index in [1.54, 1.807) is 29.2 Å². The molecule has 2 rings (SSSR count). The lowest BCUT2D eigenvalue weighted by Gasteiger charge is -2.19. The average Bonchev–Trinajstić information content (AvgIpc) is 3.28. The number of amides is 3. The summed E-state index contributed by atoms with van der Waals surface area (Å²) in [7, 11) is 0. The van der Waals surface area contributed by atoms with Gasteiger partial charge in [0.2, 0.25) is 0 Å². The van der Waals surface area contributed by atoms with E-state index >= 15 is 0 Å². The van der Waals surface area contributed by atoms with Gasteiger partial charge in [0.15, 0.2) is 0 Å². The monoisotopic (exact) mass is 300 g/mol. The van der Waals surface area contributed by atoms with Gasteiger partial charge in [-0.2, -0.15) is 5.26 Å². The molecule has 0 atom stereocenters. The van der Waals surface area contributed by atoms with E-state index in [0.29, 0.717) is 11.3 Å². The third kappa shape index (κ3) is 4.22. The van der Waals surface area contributed by atoms with Gasteiger partial charge >= 0.3 is 6.03 Å². The minimum Gasteiger partial charge on any atom is -0.336 e. The zero-order chi connectivity index (χ0) is 16.1. The van der Waals surface area contributed by atoms with Crippen LogP contribution in [0.1, 0.15) is 37.0 Å². The van der Waals surface area contributed by atoms with E-state index in [-0.39, 0.29) is 30.6 Å². The highest BCUT2D eigenvalue weighted by molar-refractivity contribution is 5.96. The first-order valence-electron chi connectivity index (χ1n) is 7.36. The molecule has 116 valence electrons. The van der Waals surface area contributed by atoms with Gasteiger partial charge in [-0.1, -0.05) is 0 Å². The molecule has 3 amide bonds. The lowest BCUT2D eigenvalue weighted by molar-refractivity contribution is 0.0765. The number of carbonyl (C=O) groups is 2. The van der Waals surface area contributed by atoms with Gasteiger partial charge in [0, 0.05) is 23.3 Å². The number of nitrogens with zero attached hydrogens (tertiary/aromatic N) is 2. The second kappa shape index (κ2) is 6.94. The maximum absolute atomic E-state index is 12.4. The van der Waals surface area contributed by atoms with Crippen LogP contribution in [-0.4, -0.2) is 35.5 Å². The third-order valence-electron chi connectivity index (χ3n) is 3.30. The first-order chi connectivity index (χ1) is 10.5. The van der Waals surface area contributed by atoms with Crippen molar-refractivity contribution >= 4 is 17.6 Å². The molecule has 1 aliphatic carbocycles. The number of anilines is 1. The second-order valence-corrected chi connectivity index (χ2v) is 5.65. The molecular formula is C16H20N4O2. The van der Waals surface area contributed by atoms with Gasteiger partial charge < -0.3 is 15.5 Å². The van der Waals surface area contributed by atoms with E-state index in [0.717, 1.165) is 12.8 Å². The quantitative estimate of drug-likeness (QED) is 0.818. The van der Waals surface area contributed by atoms with Crippen LogP contribution in [0.4, 0.5) is 10.5 Å². The van der Waals surface area contributed by atoms with E-state index in [1.165, 1.54) is 0 Å². The number of urea groups is 1. The van der Waals surface area contributed by atoms with Gasteiger partial charge in [0.25, 0.3) is 5.91 Å². The average molecular weight is 300 g/mol. The summed E-state index contributed by atoms with van der Waals surface area (Å²) in [6, 6.07) is 8.71. The van der Waals surface area contributed by atoms with Gasteiger partial charge in [-0.15, -0.1) is 0 Å². The molecule has 0 saturated heterocycles. The number of hydrogen-bond donors (Lipinski definition) is 2. The van der Waals surface area contributed by atoms with Crippen molar-refractivity contribution in [3.05, 3.63) is 29.8 Å². The van der Waals surface area contributed by atoms with E-state index in [1.807, 2.05) is 19.9 Å². The van der Waals surface area contributed by atoms with E-state index < -0.39 is 0 Å². The first-order valence-corrected chi connectivity index (χ1v) is 7.36. The largest absolute Gasteiger partial charge is 0.336 e. The predicted octanol–water partition coefficient (Wildman–Crippen LogP) is 2.34. The molecule has 6 heteroatoms. The Morgan fingerprint density at radius 1 is 1.32 bits per heavy atom. The van der Waals surface area contributed by atoms with Gasteiger partial charge in [-0.25, -0.2) is 4.79 Å². The fraction of sp³-hybridized carbons (Fsp3) is 0.438. The molecule has 0 bridgehead atoms. The Hall–Kier alpha value is -2.55. The fourth-order valence-electron chi connectivity index (χ4n) is 2.12. The minimum absolute atomic E-state index is 0.0546. The third-order valence-corrected chi connectivity index (χ3v) is 3.30. The molecule has 0 aromatic heterocycles. The zero-order valence-corrected chi connectivity index (χ0v) is 12.8. The Kier molecular flexibility index (Phi) is 4.99. The summed E-state index contributed by atoms with van der Waals surface area (Å²) in [5.74, 6) is -0.137. The van der Waals surface area contributed by atoms with Crippen LogP contribution >= 0.6 is 0 Å². The molecular weight excluding hydrogens is 280 g/mol. The van der Waals surface area contributed by atoms with Crippen LogP contribution in [-0.2, 0) is 0 Å². The zero-order valence-electron chi connectivity index (χ0n) is 12.8. The summed E-state index contributed by atoms with van der Waals surface area (Å²) in [4.78, 5) is 25.6. The van der Waals surface area contributed by atoms with Gasteiger partial charge in [-0.3, -0.25) is 4.79 Å². The molecule has 0 unspecified atom stereocenters. The molecule has 22 heavy (non-hydrogen) atoms. The Balaban J connectivity index is 2.00. The molecule has 1 aromatic carbocycles.